The number of halogens is 1. The Balaban J connectivity index is 3.10. The van der Waals surface area contributed by atoms with Crippen molar-refractivity contribution in [1.29, 1.82) is 0 Å². The van der Waals surface area contributed by atoms with Gasteiger partial charge >= 0.3 is 0 Å². The molecule has 0 bridgehead atoms. The van der Waals surface area contributed by atoms with Crippen LogP contribution in [0.5, 0.6) is 0 Å². The number of aromatic nitrogens is 2. The van der Waals surface area contributed by atoms with Crippen LogP contribution in [0.1, 0.15) is 19.9 Å². The van der Waals surface area contributed by atoms with Crippen LogP contribution in [0, 0.1) is 0 Å². The van der Waals surface area contributed by atoms with E-state index in [4.69, 9.17) is 11.6 Å². The molecule has 0 aliphatic rings. The van der Waals surface area contributed by atoms with Gasteiger partial charge in [-0.2, -0.15) is 5.10 Å². The average Bonchev–Trinajstić information content (AvgIpc) is 2.20. The topological polar surface area (TPSA) is 46.9 Å². The molecule has 1 N–H and O–H groups in total. The molecule has 0 saturated carbocycles. The molecule has 1 aromatic heterocycles. The first-order chi connectivity index (χ1) is 7.07. The van der Waals surface area contributed by atoms with E-state index in [9.17, 15) is 4.79 Å². The summed E-state index contributed by atoms with van der Waals surface area (Å²) in [4.78, 5) is 11.7. The molecule has 0 spiro atoms. The van der Waals surface area contributed by atoms with E-state index < -0.39 is 0 Å². The fraction of sp³-hybridized carbons (Fsp3) is 0.400. The smallest absolute Gasteiger partial charge is 0.287 e. The highest BCUT2D eigenvalue weighted by Crippen LogP contribution is 2.15. The van der Waals surface area contributed by atoms with Crippen molar-refractivity contribution in [3.8, 4) is 0 Å². The Hall–Kier alpha value is -1.29. The summed E-state index contributed by atoms with van der Waals surface area (Å²) in [5.74, 6) is 0. The molecule has 0 atom stereocenters. The summed E-state index contributed by atoms with van der Waals surface area (Å²) in [6.07, 6.45) is 3.23. The molecule has 1 aromatic rings. The van der Waals surface area contributed by atoms with Crippen LogP contribution >= 0.6 is 11.6 Å². The zero-order valence-electron chi connectivity index (χ0n) is 8.83. The Morgan fingerprint density at radius 2 is 2.40 bits per heavy atom. The van der Waals surface area contributed by atoms with Crippen molar-refractivity contribution in [2.24, 2.45) is 0 Å². The zero-order valence-corrected chi connectivity index (χ0v) is 9.58. The van der Waals surface area contributed by atoms with Gasteiger partial charge in [-0.25, -0.2) is 4.68 Å². The van der Waals surface area contributed by atoms with Gasteiger partial charge in [-0.1, -0.05) is 17.7 Å². The maximum absolute atomic E-state index is 11.7. The van der Waals surface area contributed by atoms with Crippen LogP contribution in [0.15, 0.2) is 23.6 Å². The van der Waals surface area contributed by atoms with Gasteiger partial charge in [0, 0.05) is 6.54 Å². The van der Waals surface area contributed by atoms with Gasteiger partial charge in [-0.3, -0.25) is 4.79 Å². The van der Waals surface area contributed by atoms with Gasteiger partial charge in [0.05, 0.1) is 17.9 Å². The van der Waals surface area contributed by atoms with Crippen LogP contribution in [-0.4, -0.2) is 16.3 Å². The van der Waals surface area contributed by atoms with Crippen molar-refractivity contribution in [3.63, 3.8) is 0 Å². The molecule has 0 amide bonds. The van der Waals surface area contributed by atoms with E-state index in [0.29, 0.717) is 12.2 Å². The van der Waals surface area contributed by atoms with E-state index in [0.717, 1.165) is 0 Å². The van der Waals surface area contributed by atoms with Crippen molar-refractivity contribution in [2.75, 3.05) is 11.9 Å². The van der Waals surface area contributed by atoms with E-state index in [-0.39, 0.29) is 16.6 Å². The first-order valence-corrected chi connectivity index (χ1v) is 5.07. The molecule has 5 heteroatoms. The lowest BCUT2D eigenvalue weighted by atomic mass is 10.4. The summed E-state index contributed by atoms with van der Waals surface area (Å²) in [5.41, 5.74) is 0.263. The summed E-state index contributed by atoms with van der Waals surface area (Å²) in [7, 11) is 0. The second-order valence-corrected chi connectivity index (χ2v) is 3.76. The molecule has 0 aromatic carbocycles. The minimum Gasteiger partial charge on any atom is -0.379 e. The summed E-state index contributed by atoms with van der Waals surface area (Å²) in [6.45, 7) is 7.87. The number of rotatable bonds is 4. The third kappa shape index (κ3) is 2.59. The van der Waals surface area contributed by atoms with Crippen molar-refractivity contribution in [3.05, 3.63) is 34.2 Å². The second-order valence-electron chi connectivity index (χ2n) is 3.39. The summed E-state index contributed by atoms with van der Waals surface area (Å²) >= 11 is 5.91. The fourth-order valence-electron chi connectivity index (χ4n) is 1.12. The molecule has 4 nitrogen and oxygen atoms in total. The third-order valence-electron chi connectivity index (χ3n) is 1.87. The number of nitrogens with one attached hydrogen (secondary N) is 1. The lowest BCUT2D eigenvalue weighted by Crippen LogP contribution is -2.25. The Bertz CT molecular complexity index is 412. The maximum Gasteiger partial charge on any atom is 0.287 e. The lowest BCUT2D eigenvalue weighted by Gasteiger charge is -2.11. The predicted molar refractivity (Wildman–Crippen MR) is 62.6 cm³/mol. The average molecular weight is 228 g/mol. The van der Waals surface area contributed by atoms with E-state index in [1.165, 1.54) is 4.68 Å². The largest absolute Gasteiger partial charge is 0.379 e. The number of nitrogens with zero attached hydrogens (tertiary/aromatic N) is 2. The van der Waals surface area contributed by atoms with Gasteiger partial charge in [0.1, 0.15) is 5.02 Å². The summed E-state index contributed by atoms with van der Waals surface area (Å²) in [5, 5.41) is 7.13. The molecule has 82 valence electrons. The minimum atomic E-state index is -0.277. The molecule has 15 heavy (non-hydrogen) atoms. The number of hydrogen-bond acceptors (Lipinski definition) is 3. The van der Waals surface area contributed by atoms with Crippen molar-refractivity contribution < 1.29 is 0 Å². The quantitative estimate of drug-likeness (QED) is 0.802. The highest BCUT2D eigenvalue weighted by molar-refractivity contribution is 6.32. The van der Waals surface area contributed by atoms with Crippen LogP contribution in [0.2, 0.25) is 5.02 Å². The van der Waals surface area contributed by atoms with Gasteiger partial charge in [-0.15, -0.1) is 6.58 Å². The first-order valence-electron chi connectivity index (χ1n) is 4.70. The van der Waals surface area contributed by atoms with Crippen molar-refractivity contribution in [1.82, 2.24) is 9.78 Å². The number of hydrogen-bond donors (Lipinski definition) is 1. The van der Waals surface area contributed by atoms with Crippen LogP contribution < -0.4 is 10.9 Å². The molecule has 1 rings (SSSR count). The van der Waals surface area contributed by atoms with E-state index in [2.05, 4.69) is 17.0 Å². The van der Waals surface area contributed by atoms with E-state index in [1.807, 2.05) is 13.8 Å². The molecule has 0 aliphatic carbocycles. The Kier molecular flexibility index (Phi) is 3.91. The molecule has 0 aliphatic heterocycles. The summed E-state index contributed by atoms with van der Waals surface area (Å²) in [6, 6.07) is 0.00320. The van der Waals surface area contributed by atoms with Crippen molar-refractivity contribution in [2.45, 2.75) is 19.9 Å². The molecular weight excluding hydrogens is 214 g/mol. The highest BCUT2D eigenvalue weighted by Gasteiger charge is 2.10. The van der Waals surface area contributed by atoms with Crippen LogP contribution in [0.3, 0.4) is 0 Å². The van der Waals surface area contributed by atoms with E-state index in [1.54, 1.807) is 12.3 Å². The van der Waals surface area contributed by atoms with Crippen LogP contribution in [0.4, 0.5) is 5.69 Å². The first kappa shape index (κ1) is 11.8. The third-order valence-corrected chi connectivity index (χ3v) is 2.23. The minimum absolute atomic E-state index is 0.00320. The van der Waals surface area contributed by atoms with Gasteiger partial charge in [0.2, 0.25) is 0 Å². The highest BCUT2D eigenvalue weighted by atomic mass is 35.5. The van der Waals surface area contributed by atoms with E-state index >= 15 is 0 Å². The second kappa shape index (κ2) is 4.98. The SMILES string of the molecule is C=CCNc1cnn(C(C)C)c(=O)c1Cl. The van der Waals surface area contributed by atoms with Gasteiger partial charge in [0.15, 0.2) is 0 Å². The maximum atomic E-state index is 11.7. The van der Waals surface area contributed by atoms with Crippen molar-refractivity contribution >= 4 is 17.3 Å². The molecule has 0 radical (unpaired) electrons. The Labute approximate surface area is 93.6 Å². The predicted octanol–water partition coefficient (Wildman–Crippen LogP) is 2.08. The fourth-order valence-corrected chi connectivity index (χ4v) is 1.32. The number of anilines is 1. The molecular formula is C10H14ClN3O. The molecule has 0 saturated heterocycles. The molecule has 1 heterocycles. The van der Waals surface area contributed by atoms with Gasteiger partial charge in [-0.05, 0) is 13.8 Å². The van der Waals surface area contributed by atoms with Gasteiger partial charge in [0.25, 0.3) is 5.56 Å². The van der Waals surface area contributed by atoms with Crippen LogP contribution in [-0.2, 0) is 0 Å². The van der Waals surface area contributed by atoms with Gasteiger partial charge < -0.3 is 5.32 Å². The lowest BCUT2D eigenvalue weighted by molar-refractivity contribution is 0.503. The molecule has 0 fully saturated rings. The normalized spacial score (nSPS) is 10.4. The monoisotopic (exact) mass is 227 g/mol. The molecule has 0 unspecified atom stereocenters. The zero-order chi connectivity index (χ0) is 11.4. The standard InChI is InChI=1S/C10H14ClN3O/c1-4-5-12-8-6-13-14(7(2)3)10(15)9(8)11/h4,6-7,12H,1,5H2,2-3H3. The Morgan fingerprint density at radius 1 is 1.73 bits per heavy atom. The van der Waals surface area contributed by atoms with Crippen LogP contribution in [0.25, 0.3) is 0 Å². The summed E-state index contributed by atoms with van der Waals surface area (Å²) < 4.78 is 1.35. The Morgan fingerprint density at radius 3 is 2.93 bits per heavy atom.